The second-order valence-corrected chi connectivity index (χ2v) is 5.08. The van der Waals surface area contributed by atoms with E-state index in [1.54, 1.807) is 0 Å². The summed E-state index contributed by atoms with van der Waals surface area (Å²) in [7, 11) is 0. The van der Waals surface area contributed by atoms with E-state index in [0.29, 0.717) is 0 Å². The van der Waals surface area contributed by atoms with Crippen molar-refractivity contribution in [3.05, 3.63) is 0 Å². The second-order valence-electron chi connectivity index (χ2n) is 5.08. The highest BCUT2D eigenvalue weighted by Gasteiger charge is 2.32. The number of hydrogen-bond acceptors (Lipinski definition) is 4. The van der Waals surface area contributed by atoms with Gasteiger partial charge in [0.15, 0.2) is 0 Å². The summed E-state index contributed by atoms with van der Waals surface area (Å²) in [5.74, 6) is -0.836. The van der Waals surface area contributed by atoms with Gasteiger partial charge < -0.3 is 16.2 Å². The van der Waals surface area contributed by atoms with Crippen LogP contribution in [0.3, 0.4) is 0 Å². The molecule has 0 aromatic heterocycles. The van der Waals surface area contributed by atoms with Gasteiger partial charge in [0.2, 0.25) is 0 Å². The number of amides is 3. The van der Waals surface area contributed by atoms with Crippen molar-refractivity contribution in [3.8, 4) is 0 Å². The molecule has 7 nitrogen and oxygen atoms in total. The fourth-order valence-electron chi connectivity index (χ4n) is 1.57. The average molecular weight is 287 g/mol. The van der Waals surface area contributed by atoms with Crippen molar-refractivity contribution in [2.45, 2.75) is 52.6 Å². The number of carbonyl (C=O) groups is 3. The smallest absolute Gasteiger partial charge is 0.322 e. The molecule has 1 aliphatic heterocycles. The van der Waals surface area contributed by atoms with Crippen molar-refractivity contribution in [2.75, 3.05) is 0 Å². The van der Waals surface area contributed by atoms with Gasteiger partial charge in [-0.05, 0) is 11.8 Å². The molecule has 116 valence electrons. The highest BCUT2D eigenvalue weighted by atomic mass is 16.4. The highest BCUT2D eigenvalue weighted by molar-refractivity contribution is 6.04. The zero-order valence-corrected chi connectivity index (χ0v) is 12.5. The Kier molecular flexibility index (Phi) is 7.83. The summed E-state index contributed by atoms with van der Waals surface area (Å²) in [5, 5.41) is 13.1. The lowest BCUT2D eigenvalue weighted by Crippen LogP contribution is -2.36. The first-order chi connectivity index (χ1) is 9.24. The van der Waals surface area contributed by atoms with Crippen molar-refractivity contribution < 1.29 is 19.5 Å². The van der Waals surface area contributed by atoms with Gasteiger partial charge in [-0.15, -0.1) is 0 Å². The van der Waals surface area contributed by atoms with E-state index in [1.807, 2.05) is 27.7 Å². The molecule has 0 spiro atoms. The third-order valence-electron chi connectivity index (χ3n) is 3.56. The zero-order chi connectivity index (χ0) is 15.9. The fraction of sp³-hybridized carbons (Fsp3) is 0.769. The lowest BCUT2D eigenvalue weighted by molar-refractivity contribution is -0.139. The van der Waals surface area contributed by atoms with Crippen molar-refractivity contribution in [3.63, 3.8) is 0 Å². The van der Waals surface area contributed by atoms with Crippen LogP contribution in [0.4, 0.5) is 4.79 Å². The number of imide groups is 1. The molecule has 0 aromatic carbocycles. The first-order valence-corrected chi connectivity index (χ1v) is 6.84. The molecule has 20 heavy (non-hydrogen) atoms. The predicted octanol–water partition coefficient (Wildman–Crippen LogP) is 0.685. The van der Waals surface area contributed by atoms with Gasteiger partial charge in [-0.3, -0.25) is 14.9 Å². The van der Waals surface area contributed by atoms with Gasteiger partial charge in [0, 0.05) is 0 Å². The Morgan fingerprint density at radius 3 is 2.10 bits per heavy atom. The summed E-state index contributed by atoms with van der Waals surface area (Å²) in [6, 6.07) is -1.40. The lowest BCUT2D eigenvalue weighted by Gasteiger charge is -2.13. The Bertz CT molecular complexity index is 360. The molecule has 1 aliphatic rings. The molecule has 0 aromatic rings. The van der Waals surface area contributed by atoms with Crippen LogP contribution in [0.1, 0.15) is 40.5 Å². The van der Waals surface area contributed by atoms with E-state index in [0.717, 1.165) is 12.8 Å². The molecule has 7 heteroatoms. The van der Waals surface area contributed by atoms with Crippen LogP contribution in [-0.4, -0.2) is 35.1 Å². The molecule has 1 fully saturated rings. The summed E-state index contributed by atoms with van der Waals surface area (Å²) in [4.78, 5) is 31.8. The number of carboxylic acids is 1. The molecule has 1 saturated heterocycles. The number of rotatable bonds is 5. The van der Waals surface area contributed by atoms with Crippen molar-refractivity contribution in [1.29, 1.82) is 0 Å². The minimum atomic E-state index is -0.913. The molecule has 4 atom stereocenters. The van der Waals surface area contributed by atoms with Gasteiger partial charge in [-0.1, -0.05) is 40.5 Å². The third kappa shape index (κ3) is 5.56. The van der Waals surface area contributed by atoms with Crippen LogP contribution >= 0.6 is 0 Å². The number of hydrogen-bond donors (Lipinski definition) is 4. The van der Waals surface area contributed by atoms with Crippen molar-refractivity contribution >= 4 is 17.9 Å². The molecule has 0 saturated carbocycles. The molecule has 3 amide bonds. The number of nitrogens with one attached hydrogen (secondary N) is 2. The number of carbonyl (C=O) groups excluding carboxylic acids is 2. The van der Waals surface area contributed by atoms with Crippen molar-refractivity contribution in [2.24, 2.45) is 17.6 Å². The minimum absolute atomic E-state index is 0.0718. The Labute approximate surface area is 119 Å². The molecule has 2 unspecified atom stereocenters. The van der Waals surface area contributed by atoms with Crippen LogP contribution in [0.25, 0.3) is 0 Å². The van der Waals surface area contributed by atoms with E-state index < -0.39 is 12.0 Å². The minimum Gasteiger partial charge on any atom is -0.480 e. The number of aliphatic carboxylic acids is 1. The Hall–Kier alpha value is -1.63. The summed E-state index contributed by atoms with van der Waals surface area (Å²) in [5.41, 5.74) is 5.27. The molecule has 1 heterocycles. The van der Waals surface area contributed by atoms with Gasteiger partial charge in [-0.25, -0.2) is 4.79 Å². The van der Waals surface area contributed by atoms with Crippen LogP contribution in [0.15, 0.2) is 0 Å². The van der Waals surface area contributed by atoms with Crippen LogP contribution in [0.5, 0.6) is 0 Å². The second kappa shape index (κ2) is 8.52. The fourth-order valence-corrected chi connectivity index (χ4v) is 1.57. The molecule has 5 N–H and O–H groups in total. The number of carboxylic acid groups (broad SMARTS) is 1. The van der Waals surface area contributed by atoms with Gasteiger partial charge in [0.05, 0.1) is 0 Å². The maximum Gasteiger partial charge on any atom is 0.322 e. The predicted molar refractivity (Wildman–Crippen MR) is 75.0 cm³/mol. The van der Waals surface area contributed by atoms with E-state index in [9.17, 15) is 14.4 Å². The third-order valence-corrected chi connectivity index (χ3v) is 3.56. The summed E-state index contributed by atoms with van der Waals surface area (Å²) in [6.07, 6.45) is 1.70. The van der Waals surface area contributed by atoms with E-state index in [2.05, 4.69) is 10.6 Å². The molecular weight excluding hydrogens is 262 g/mol. The van der Waals surface area contributed by atoms with Crippen LogP contribution < -0.4 is 16.4 Å². The Morgan fingerprint density at radius 1 is 1.30 bits per heavy atom. The van der Waals surface area contributed by atoms with Gasteiger partial charge in [-0.2, -0.15) is 0 Å². The van der Waals surface area contributed by atoms with E-state index in [1.165, 1.54) is 0 Å². The normalized spacial score (nSPS) is 21.9. The zero-order valence-electron chi connectivity index (χ0n) is 12.5. The number of urea groups is 1. The number of nitrogens with two attached hydrogens (primary N) is 1. The van der Waals surface area contributed by atoms with Crippen molar-refractivity contribution in [1.82, 2.24) is 10.6 Å². The first kappa shape index (κ1) is 18.4. The monoisotopic (exact) mass is 287 g/mol. The summed E-state index contributed by atoms with van der Waals surface area (Å²) in [6.45, 7) is 7.69. The van der Waals surface area contributed by atoms with Crippen LogP contribution in [0.2, 0.25) is 0 Å². The SMILES string of the molecule is CCC(C)C1NC(=O)NC1=O.CC[C@@H](C)[C@@H](N)C(=O)O. The topological polar surface area (TPSA) is 122 Å². The summed E-state index contributed by atoms with van der Waals surface area (Å²) < 4.78 is 0. The molecule has 0 radical (unpaired) electrons. The van der Waals surface area contributed by atoms with E-state index >= 15 is 0 Å². The van der Waals surface area contributed by atoms with Gasteiger partial charge in [0.1, 0.15) is 12.1 Å². The lowest BCUT2D eigenvalue weighted by atomic mass is 10.00. The van der Waals surface area contributed by atoms with Gasteiger partial charge in [0.25, 0.3) is 5.91 Å². The maximum atomic E-state index is 11.0. The largest absolute Gasteiger partial charge is 0.480 e. The van der Waals surface area contributed by atoms with Crippen LogP contribution in [-0.2, 0) is 9.59 Å². The standard InChI is InChI=1S/C7H12N2O2.C6H13NO2/c1-3-4(2)5-6(10)9-7(11)8-5;1-3-4(2)5(7)6(8)9/h4-5H,3H2,1-2H3,(H2,8,9,10,11);4-5H,3,7H2,1-2H3,(H,8,9)/t;4-,5-/m.1/s1. The van der Waals surface area contributed by atoms with E-state index in [-0.39, 0.29) is 29.8 Å². The van der Waals surface area contributed by atoms with E-state index in [4.69, 9.17) is 10.8 Å². The quantitative estimate of drug-likeness (QED) is 0.554. The molecular formula is C13H25N3O4. The Balaban J connectivity index is 0.000000370. The van der Waals surface area contributed by atoms with Crippen LogP contribution in [0, 0.1) is 11.8 Å². The highest BCUT2D eigenvalue weighted by Crippen LogP contribution is 2.10. The molecule has 0 aliphatic carbocycles. The molecule has 0 bridgehead atoms. The first-order valence-electron chi connectivity index (χ1n) is 6.84. The average Bonchev–Trinajstić information content (AvgIpc) is 2.75. The van der Waals surface area contributed by atoms with Gasteiger partial charge >= 0.3 is 12.0 Å². The summed E-state index contributed by atoms with van der Waals surface area (Å²) >= 11 is 0. The Morgan fingerprint density at radius 2 is 1.85 bits per heavy atom. The molecule has 1 rings (SSSR count). The maximum absolute atomic E-state index is 11.0.